The fourth-order valence-electron chi connectivity index (χ4n) is 3.48. The summed E-state index contributed by atoms with van der Waals surface area (Å²) in [6, 6.07) is 4.89. The molecule has 1 fully saturated rings. The van der Waals surface area contributed by atoms with E-state index >= 15 is 0 Å². The third kappa shape index (κ3) is 5.06. The maximum atomic E-state index is 13.0. The van der Waals surface area contributed by atoms with Gasteiger partial charge in [-0.3, -0.25) is 9.69 Å². The molecule has 1 unspecified atom stereocenters. The van der Waals surface area contributed by atoms with Gasteiger partial charge in [0.2, 0.25) is 5.91 Å². The molecule has 1 atom stereocenters. The smallest absolute Gasteiger partial charge is 0.338 e. The lowest BCUT2D eigenvalue weighted by Gasteiger charge is -2.39. The molecule has 168 valence electrons. The second-order valence-electron chi connectivity index (χ2n) is 8.23. The maximum Gasteiger partial charge on any atom is 0.338 e. The highest BCUT2D eigenvalue weighted by Gasteiger charge is 2.42. The van der Waals surface area contributed by atoms with E-state index in [1.54, 1.807) is 32.8 Å². The van der Waals surface area contributed by atoms with Crippen molar-refractivity contribution in [3.8, 4) is 11.5 Å². The van der Waals surface area contributed by atoms with Crippen molar-refractivity contribution >= 4 is 28.8 Å². The van der Waals surface area contributed by atoms with Crippen LogP contribution in [-0.2, 0) is 14.3 Å². The van der Waals surface area contributed by atoms with Gasteiger partial charge in [-0.05, 0) is 44.4 Å². The molecule has 0 saturated carbocycles. The predicted octanol–water partition coefficient (Wildman–Crippen LogP) is 4.33. The molecule has 0 bridgehead atoms. The van der Waals surface area contributed by atoms with E-state index in [4.69, 9.17) is 14.2 Å². The zero-order chi connectivity index (χ0) is 22.7. The number of fused-ring (bicyclic) bond motifs is 1. The van der Waals surface area contributed by atoms with Crippen LogP contribution in [0.15, 0.2) is 34.5 Å². The van der Waals surface area contributed by atoms with E-state index < -0.39 is 12.0 Å². The van der Waals surface area contributed by atoms with E-state index in [2.05, 4.69) is 18.8 Å². The Morgan fingerprint density at radius 2 is 2.00 bits per heavy atom. The number of rotatable bonds is 7. The van der Waals surface area contributed by atoms with Gasteiger partial charge in [-0.25, -0.2) is 9.79 Å². The molecule has 1 amide bonds. The Hall–Kier alpha value is -2.48. The van der Waals surface area contributed by atoms with Gasteiger partial charge in [0, 0.05) is 12.2 Å². The van der Waals surface area contributed by atoms with Crippen molar-refractivity contribution in [1.29, 1.82) is 0 Å². The van der Waals surface area contributed by atoms with Crippen molar-refractivity contribution in [2.24, 2.45) is 10.9 Å². The van der Waals surface area contributed by atoms with Gasteiger partial charge in [-0.2, -0.15) is 0 Å². The molecule has 0 aromatic heterocycles. The number of thioether (sulfide) groups is 1. The summed E-state index contributed by atoms with van der Waals surface area (Å²) in [5.41, 5.74) is 1.67. The van der Waals surface area contributed by atoms with Crippen LogP contribution < -0.4 is 9.47 Å². The van der Waals surface area contributed by atoms with Crippen LogP contribution in [0.1, 0.15) is 52.6 Å². The van der Waals surface area contributed by atoms with Crippen molar-refractivity contribution < 1.29 is 23.8 Å². The molecule has 8 heteroatoms. The summed E-state index contributed by atoms with van der Waals surface area (Å²) < 4.78 is 16.9. The number of amidine groups is 1. The predicted molar refractivity (Wildman–Crippen MR) is 121 cm³/mol. The molecule has 0 radical (unpaired) electrons. The third-order valence-corrected chi connectivity index (χ3v) is 5.80. The zero-order valence-electron chi connectivity index (χ0n) is 18.9. The molecule has 2 aliphatic rings. The number of ether oxygens (including phenoxy) is 3. The van der Waals surface area contributed by atoms with E-state index in [0.717, 1.165) is 5.56 Å². The molecular formula is C23H30N2O5S. The first kappa shape index (κ1) is 23.2. The number of allylic oxidation sites excluding steroid dienone is 1. The minimum absolute atomic E-state index is 0.0658. The summed E-state index contributed by atoms with van der Waals surface area (Å²) in [5, 5.41) is 0.610. The van der Waals surface area contributed by atoms with Gasteiger partial charge >= 0.3 is 5.97 Å². The maximum absolute atomic E-state index is 13.0. The lowest BCUT2D eigenvalue weighted by molar-refractivity contribution is -0.143. The number of methoxy groups -OCH3 is 1. The molecule has 1 aromatic carbocycles. The van der Waals surface area contributed by atoms with Crippen LogP contribution in [0.3, 0.4) is 0 Å². The van der Waals surface area contributed by atoms with Gasteiger partial charge < -0.3 is 14.2 Å². The average Bonchev–Trinajstić information content (AvgIpc) is 2.70. The van der Waals surface area contributed by atoms with Gasteiger partial charge in [0.15, 0.2) is 16.7 Å². The van der Waals surface area contributed by atoms with E-state index in [-0.39, 0.29) is 12.0 Å². The molecule has 0 spiro atoms. The van der Waals surface area contributed by atoms with E-state index in [9.17, 15) is 9.59 Å². The highest BCUT2D eigenvalue weighted by Crippen LogP contribution is 2.42. The van der Waals surface area contributed by atoms with Crippen LogP contribution in [0.5, 0.6) is 11.5 Å². The van der Waals surface area contributed by atoms with Crippen LogP contribution in [0, 0.1) is 5.92 Å². The Morgan fingerprint density at radius 3 is 2.65 bits per heavy atom. The van der Waals surface area contributed by atoms with Crippen LogP contribution in [0.2, 0.25) is 0 Å². The van der Waals surface area contributed by atoms with E-state index in [1.165, 1.54) is 11.8 Å². The molecule has 0 N–H and O–H groups in total. The van der Waals surface area contributed by atoms with Crippen LogP contribution in [0.25, 0.3) is 0 Å². The van der Waals surface area contributed by atoms with Crippen molar-refractivity contribution in [3.63, 3.8) is 0 Å². The summed E-state index contributed by atoms with van der Waals surface area (Å²) in [7, 11) is 1.58. The average molecular weight is 447 g/mol. The standard InChI is InChI=1S/C23H30N2O5S/c1-13(2)12-29-17-8-7-16(11-18(17)28-6)21-20(22(27)30-14(3)4)15(5)24-23-25(21)19(26)9-10-31-23/h7-8,11,13-14,21H,9-10,12H2,1-6H3. The summed E-state index contributed by atoms with van der Waals surface area (Å²) in [6.07, 6.45) is 0.102. The van der Waals surface area contributed by atoms with E-state index in [0.29, 0.717) is 52.6 Å². The summed E-state index contributed by atoms with van der Waals surface area (Å²) in [5.74, 6) is 1.68. The first-order valence-corrected chi connectivity index (χ1v) is 11.5. The van der Waals surface area contributed by atoms with Crippen molar-refractivity contribution in [2.45, 2.75) is 53.2 Å². The Labute approximate surface area is 187 Å². The fraction of sp³-hybridized carbons (Fsp3) is 0.522. The van der Waals surface area contributed by atoms with Crippen molar-refractivity contribution in [2.75, 3.05) is 19.5 Å². The summed E-state index contributed by atoms with van der Waals surface area (Å²) >= 11 is 1.52. The molecule has 3 rings (SSSR count). The van der Waals surface area contributed by atoms with Crippen LogP contribution >= 0.6 is 11.8 Å². The molecule has 2 heterocycles. The number of amides is 1. The number of benzene rings is 1. The SMILES string of the molecule is COc1cc(C2C(C(=O)OC(C)C)=C(C)N=C3SCCC(=O)N32)ccc1OCC(C)C. The van der Waals surface area contributed by atoms with Gasteiger partial charge in [-0.1, -0.05) is 31.7 Å². The Bertz CT molecular complexity index is 923. The number of carbonyl (C=O) groups excluding carboxylic acids is 2. The minimum Gasteiger partial charge on any atom is -0.493 e. The number of esters is 1. The van der Waals surface area contributed by atoms with Crippen molar-refractivity contribution in [1.82, 2.24) is 4.90 Å². The Kier molecular flexibility index (Phi) is 7.30. The first-order chi connectivity index (χ1) is 14.7. The molecule has 0 aliphatic carbocycles. The highest BCUT2D eigenvalue weighted by molar-refractivity contribution is 8.14. The van der Waals surface area contributed by atoms with Gasteiger partial charge in [-0.15, -0.1) is 0 Å². The number of aliphatic imine (C=N–C) groups is 1. The Morgan fingerprint density at radius 1 is 1.26 bits per heavy atom. The highest BCUT2D eigenvalue weighted by atomic mass is 32.2. The number of hydrogen-bond acceptors (Lipinski definition) is 7. The molecule has 7 nitrogen and oxygen atoms in total. The van der Waals surface area contributed by atoms with Crippen molar-refractivity contribution in [3.05, 3.63) is 35.0 Å². The summed E-state index contributed by atoms with van der Waals surface area (Å²) in [4.78, 5) is 32.1. The number of nitrogens with zero attached hydrogens (tertiary/aromatic N) is 2. The first-order valence-electron chi connectivity index (χ1n) is 10.5. The largest absolute Gasteiger partial charge is 0.493 e. The third-order valence-electron chi connectivity index (χ3n) is 4.84. The Balaban J connectivity index is 2.08. The second-order valence-corrected chi connectivity index (χ2v) is 9.29. The van der Waals surface area contributed by atoms with Gasteiger partial charge in [0.25, 0.3) is 0 Å². The monoisotopic (exact) mass is 446 g/mol. The fourth-order valence-corrected chi connectivity index (χ4v) is 4.49. The normalized spacial score (nSPS) is 18.8. The van der Waals surface area contributed by atoms with Gasteiger partial charge in [0.05, 0.1) is 37.1 Å². The quantitative estimate of drug-likeness (QED) is 0.580. The molecule has 31 heavy (non-hydrogen) atoms. The molecular weight excluding hydrogens is 416 g/mol. The summed E-state index contributed by atoms with van der Waals surface area (Å²) in [6.45, 7) is 10.1. The topological polar surface area (TPSA) is 77.4 Å². The minimum atomic E-state index is -0.632. The molecule has 1 saturated heterocycles. The lowest BCUT2D eigenvalue weighted by atomic mass is 9.93. The molecule has 1 aromatic rings. The lowest BCUT2D eigenvalue weighted by Crippen LogP contribution is -2.46. The van der Waals surface area contributed by atoms with E-state index in [1.807, 2.05) is 18.2 Å². The number of hydrogen-bond donors (Lipinski definition) is 0. The van der Waals surface area contributed by atoms with Gasteiger partial charge in [0.1, 0.15) is 0 Å². The van der Waals surface area contributed by atoms with Crippen LogP contribution in [0.4, 0.5) is 0 Å². The molecule has 2 aliphatic heterocycles. The second kappa shape index (κ2) is 9.77. The number of carbonyl (C=O) groups is 2. The zero-order valence-corrected chi connectivity index (χ0v) is 19.7. The van der Waals surface area contributed by atoms with Crippen LogP contribution in [-0.4, -0.2) is 47.5 Å².